The summed E-state index contributed by atoms with van der Waals surface area (Å²) < 4.78 is 0. The fourth-order valence-corrected chi connectivity index (χ4v) is 4.18. The zero-order valence-electron chi connectivity index (χ0n) is 19.1. The molecule has 5 rings (SSSR count). The Bertz CT molecular complexity index is 1370. The molecule has 0 saturated heterocycles. The maximum absolute atomic E-state index is 13.8. The highest BCUT2D eigenvalue weighted by atomic mass is 16.2. The van der Waals surface area contributed by atoms with Gasteiger partial charge in [-0.25, -0.2) is 0 Å². The second-order valence-corrected chi connectivity index (χ2v) is 8.30. The summed E-state index contributed by atoms with van der Waals surface area (Å²) >= 11 is 0. The summed E-state index contributed by atoms with van der Waals surface area (Å²) in [5.41, 5.74) is 4.99. The van der Waals surface area contributed by atoms with E-state index in [9.17, 15) is 9.59 Å². The van der Waals surface area contributed by atoms with E-state index in [4.69, 9.17) is 0 Å². The highest BCUT2D eigenvalue weighted by molar-refractivity contribution is 6.09. The molecular formula is C30H25N3O2. The van der Waals surface area contributed by atoms with Gasteiger partial charge in [-0.1, -0.05) is 97.1 Å². The van der Waals surface area contributed by atoms with Crippen LogP contribution < -0.4 is 10.6 Å². The van der Waals surface area contributed by atoms with Crippen molar-refractivity contribution in [3.05, 3.63) is 143 Å². The average molecular weight is 460 g/mol. The van der Waals surface area contributed by atoms with Gasteiger partial charge in [0.2, 0.25) is 0 Å². The van der Waals surface area contributed by atoms with E-state index in [1.807, 2.05) is 103 Å². The van der Waals surface area contributed by atoms with Gasteiger partial charge in [-0.05, 0) is 29.3 Å². The Labute approximate surface area is 204 Å². The third-order valence-corrected chi connectivity index (χ3v) is 5.95. The van der Waals surface area contributed by atoms with Crippen LogP contribution in [-0.2, 0) is 17.9 Å². The highest BCUT2D eigenvalue weighted by Gasteiger charge is 2.32. The van der Waals surface area contributed by atoms with E-state index in [1.54, 1.807) is 17.0 Å². The molecule has 2 N–H and O–H groups in total. The summed E-state index contributed by atoms with van der Waals surface area (Å²) in [6.45, 7) is 0.618. The number of rotatable bonds is 5. The van der Waals surface area contributed by atoms with Gasteiger partial charge in [-0.2, -0.15) is 0 Å². The number of carbonyl (C=O) groups excluding carboxylic acids is 2. The van der Waals surface area contributed by atoms with Crippen LogP contribution in [0.25, 0.3) is 5.70 Å². The smallest absolute Gasteiger partial charge is 0.270 e. The molecule has 0 fully saturated rings. The molecule has 0 saturated carbocycles. The molecule has 1 aliphatic rings. The van der Waals surface area contributed by atoms with Crippen molar-refractivity contribution in [1.82, 2.24) is 10.2 Å². The standard InChI is InChI=1S/C30H25N3O2/c34-29(31-20-22-12-4-1-5-13-22)28-27(23-14-6-2-7-15-23)32-26-19-11-10-18-25(26)21-33(28)30(35)24-16-8-3-9-17-24/h1-19,32H,20-21H2,(H,31,34). The average Bonchev–Trinajstić information content (AvgIpc) is 3.10. The van der Waals surface area contributed by atoms with Crippen LogP contribution >= 0.6 is 0 Å². The lowest BCUT2D eigenvalue weighted by atomic mass is 10.1. The van der Waals surface area contributed by atoms with Gasteiger partial charge in [0.25, 0.3) is 11.8 Å². The highest BCUT2D eigenvalue weighted by Crippen LogP contribution is 2.33. The molecule has 35 heavy (non-hydrogen) atoms. The third kappa shape index (κ3) is 4.84. The van der Waals surface area contributed by atoms with E-state index in [-0.39, 0.29) is 24.1 Å². The second kappa shape index (κ2) is 10.1. The second-order valence-electron chi connectivity index (χ2n) is 8.30. The van der Waals surface area contributed by atoms with Gasteiger partial charge in [0, 0.05) is 23.4 Å². The number of carbonyl (C=O) groups is 2. The third-order valence-electron chi connectivity index (χ3n) is 5.95. The van der Waals surface area contributed by atoms with Crippen molar-refractivity contribution in [1.29, 1.82) is 0 Å². The molecule has 2 amide bonds. The zero-order chi connectivity index (χ0) is 24.0. The van der Waals surface area contributed by atoms with Gasteiger partial charge in [0.05, 0.1) is 12.2 Å². The van der Waals surface area contributed by atoms with Crippen LogP contribution in [-0.4, -0.2) is 16.7 Å². The van der Waals surface area contributed by atoms with Gasteiger partial charge >= 0.3 is 0 Å². The summed E-state index contributed by atoms with van der Waals surface area (Å²) in [6.07, 6.45) is 0. The number of amides is 2. The minimum absolute atomic E-state index is 0.234. The monoisotopic (exact) mass is 459 g/mol. The molecule has 4 aromatic carbocycles. The normalized spacial score (nSPS) is 12.9. The fourth-order valence-electron chi connectivity index (χ4n) is 4.18. The van der Waals surface area contributed by atoms with Crippen molar-refractivity contribution in [2.45, 2.75) is 13.1 Å². The largest absolute Gasteiger partial charge is 0.353 e. The zero-order valence-corrected chi connectivity index (χ0v) is 19.1. The van der Waals surface area contributed by atoms with E-state index < -0.39 is 0 Å². The Balaban J connectivity index is 1.63. The predicted octanol–water partition coefficient (Wildman–Crippen LogP) is 5.44. The predicted molar refractivity (Wildman–Crippen MR) is 138 cm³/mol. The fraction of sp³-hybridized carbons (Fsp3) is 0.0667. The van der Waals surface area contributed by atoms with Gasteiger partial charge in [-0.3, -0.25) is 14.5 Å². The summed E-state index contributed by atoms with van der Waals surface area (Å²) in [7, 11) is 0. The van der Waals surface area contributed by atoms with E-state index in [1.165, 1.54) is 0 Å². The molecule has 0 radical (unpaired) electrons. The number of hydrogen-bond donors (Lipinski definition) is 2. The van der Waals surface area contributed by atoms with Crippen molar-refractivity contribution in [3.8, 4) is 0 Å². The van der Waals surface area contributed by atoms with Gasteiger partial charge in [0.1, 0.15) is 5.70 Å². The summed E-state index contributed by atoms with van der Waals surface area (Å²) in [5, 5.41) is 6.49. The molecule has 172 valence electrons. The molecule has 0 bridgehead atoms. The van der Waals surface area contributed by atoms with Gasteiger partial charge in [-0.15, -0.1) is 0 Å². The van der Waals surface area contributed by atoms with Crippen LogP contribution in [0.2, 0.25) is 0 Å². The lowest BCUT2D eigenvalue weighted by molar-refractivity contribution is -0.118. The van der Waals surface area contributed by atoms with Crippen molar-refractivity contribution >= 4 is 23.2 Å². The molecule has 1 heterocycles. The number of nitrogens with one attached hydrogen (secondary N) is 2. The first-order chi connectivity index (χ1) is 17.2. The van der Waals surface area contributed by atoms with E-state index in [2.05, 4.69) is 10.6 Å². The topological polar surface area (TPSA) is 61.4 Å². The van der Waals surface area contributed by atoms with Crippen molar-refractivity contribution in [2.75, 3.05) is 5.32 Å². The van der Waals surface area contributed by atoms with Gasteiger partial charge in [0.15, 0.2) is 0 Å². The Hall–Kier alpha value is -4.64. The molecule has 0 spiro atoms. The van der Waals surface area contributed by atoms with Crippen molar-refractivity contribution < 1.29 is 9.59 Å². The minimum atomic E-state index is -0.322. The van der Waals surface area contributed by atoms with E-state index >= 15 is 0 Å². The maximum atomic E-state index is 13.8. The first-order valence-electron chi connectivity index (χ1n) is 11.5. The van der Waals surface area contributed by atoms with Gasteiger partial charge < -0.3 is 10.6 Å². The summed E-state index contributed by atoms with van der Waals surface area (Å²) in [5.74, 6) is -0.556. The molecule has 5 nitrogen and oxygen atoms in total. The first-order valence-corrected chi connectivity index (χ1v) is 11.5. The number of para-hydroxylation sites is 1. The molecule has 0 unspecified atom stereocenters. The number of nitrogens with zero attached hydrogens (tertiary/aromatic N) is 1. The lowest BCUT2D eigenvalue weighted by Crippen LogP contribution is -2.39. The molecule has 0 atom stereocenters. The number of fused-ring (bicyclic) bond motifs is 1. The molecule has 4 aromatic rings. The summed E-state index contributed by atoms with van der Waals surface area (Å²) in [4.78, 5) is 29.2. The Morgan fingerprint density at radius 3 is 2.06 bits per heavy atom. The maximum Gasteiger partial charge on any atom is 0.270 e. The molecule has 5 heteroatoms. The van der Waals surface area contributed by atoms with E-state index in [0.29, 0.717) is 17.8 Å². The van der Waals surface area contributed by atoms with E-state index in [0.717, 1.165) is 22.4 Å². The number of hydrogen-bond acceptors (Lipinski definition) is 3. The molecule has 0 aliphatic carbocycles. The Kier molecular flexibility index (Phi) is 6.39. The van der Waals surface area contributed by atoms with Crippen LogP contribution in [0, 0.1) is 0 Å². The Morgan fingerprint density at radius 2 is 1.34 bits per heavy atom. The number of anilines is 1. The minimum Gasteiger partial charge on any atom is -0.353 e. The SMILES string of the molecule is O=C(NCc1ccccc1)C1=C(c2ccccc2)Nc2ccccc2CN1C(=O)c1ccccc1. The van der Waals surface area contributed by atoms with Crippen LogP contribution in [0.3, 0.4) is 0 Å². The Morgan fingerprint density at radius 1 is 0.743 bits per heavy atom. The van der Waals surface area contributed by atoms with Crippen LogP contribution in [0.1, 0.15) is 27.0 Å². The lowest BCUT2D eigenvalue weighted by Gasteiger charge is -2.25. The van der Waals surface area contributed by atoms with Crippen LogP contribution in [0.15, 0.2) is 121 Å². The molecule has 0 aromatic heterocycles. The quantitative estimate of drug-likeness (QED) is 0.418. The summed E-state index contributed by atoms with van der Waals surface area (Å²) in [6, 6.07) is 36.3. The molecular weight excluding hydrogens is 434 g/mol. The first kappa shape index (κ1) is 22.2. The number of benzene rings is 4. The van der Waals surface area contributed by atoms with Crippen molar-refractivity contribution in [3.63, 3.8) is 0 Å². The van der Waals surface area contributed by atoms with Crippen molar-refractivity contribution in [2.24, 2.45) is 0 Å². The molecule has 1 aliphatic heterocycles. The van der Waals surface area contributed by atoms with Crippen LogP contribution in [0.4, 0.5) is 5.69 Å². The van der Waals surface area contributed by atoms with Crippen LogP contribution in [0.5, 0.6) is 0 Å².